The molecule has 0 unspecified atom stereocenters. The Labute approximate surface area is 129 Å². The molecule has 2 N–H and O–H groups in total. The van der Waals surface area contributed by atoms with Crippen molar-refractivity contribution in [3.05, 3.63) is 35.9 Å². The number of guanidine groups is 1. The fourth-order valence-electron chi connectivity index (χ4n) is 1.95. The van der Waals surface area contributed by atoms with Crippen molar-refractivity contribution in [3.63, 3.8) is 0 Å². The van der Waals surface area contributed by atoms with Crippen LogP contribution >= 0.6 is 0 Å². The third kappa shape index (κ3) is 8.35. The standard InChI is InChI=1S/C17H30N4/c1-5-18-17(20-13-15(2)3)19-11-12-21(4)14-16-9-7-6-8-10-16/h6-10,15H,5,11-14H2,1-4H3,(H2,18,19,20). The van der Waals surface area contributed by atoms with Crippen LogP contribution in [0.5, 0.6) is 0 Å². The second-order valence-electron chi connectivity index (χ2n) is 5.76. The van der Waals surface area contributed by atoms with Crippen LogP contribution in [0.1, 0.15) is 26.3 Å². The van der Waals surface area contributed by atoms with Crippen LogP contribution in [0.25, 0.3) is 0 Å². The third-order valence-corrected chi connectivity index (χ3v) is 3.04. The average molecular weight is 290 g/mol. The fraction of sp³-hybridized carbons (Fsp3) is 0.588. The number of nitrogens with one attached hydrogen (secondary N) is 2. The SMILES string of the molecule is CCNC(=NCC(C)C)NCCN(C)Cc1ccccc1. The van der Waals surface area contributed by atoms with Gasteiger partial charge in [0.25, 0.3) is 0 Å². The topological polar surface area (TPSA) is 39.7 Å². The van der Waals surface area contributed by atoms with Crippen molar-refractivity contribution in [1.82, 2.24) is 15.5 Å². The summed E-state index contributed by atoms with van der Waals surface area (Å²) in [6.45, 7) is 11.1. The maximum absolute atomic E-state index is 4.57. The van der Waals surface area contributed by atoms with Gasteiger partial charge in [0.15, 0.2) is 5.96 Å². The van der Waals surface area contributed by atoms with Crippen LogP contribution in [0.15, 0.2) is 35.3 Å². The predicted octanol–water partition coefficient (Wildman–Crippen LogP) is 2.33. The molecule has 0 bridgehead atoms. The zero-order valence-corrected chi connectivity index (χ0v) is 13.9. The van der Waals surface area contributed by atoms with Gasteiger partial charge in [0, 0.05) is 32.7 Å². The highest BCUT2D eigenvalue weighted by Gasteiger charge is 2.02. The van der Waals surface area contributed by atoms with Gasteiger partial charge in [-0.2, -0.15) is 0 Å². The summed E-state index contributed by atoms with van der Waals surface area (Å²) in [5, 5.41) is 6.67. The molecule has 1 rings (SSSR count). The Morgan fingerprint density at radius 1 is 1.19 bits per heavy atom. The van der Waals surface area contributed by atoms with E-state index < -0.39 is 0 Å². The van der Waals surface area contributed by atoms with Crippen molar-refractivity contribution in [2.24, 2.45) is 10.9 Å². The van der Waals surface area contributed by atoms with Crippen molar-refractivity contribution in [2.45, 2.75) is 27.3 Å². The van der Waals surface area contributed by atoms with Gasteiger partial charge in [-0.25, -0.2) is 0 Å². The number of benzene rings is 1. The lowest BCUT2D eigenvalue weighted by atomic mass is 10.2. The van der Waals surface area contributed by atoms with E-state index >= 15 is 0 Å². The van der Waals surface area contributed by atoms with E-state index in [0.717, 1.165) is 38.7 Å². The summed E-state index contributed by atoms with van der Waals surface area (Å²) in [5.41, 5.74) is 1.35. The zero-order chi connectivity index (χ0) is 15.5. The maximum Gasteiger partial charge on any atom is 0.191 e. The van der Waals surface area contributed by atoms with Gasteiger partial charge in [-0.3, -0.25) is 4.99 Å². The van der Waals surface area contributed by atoms with Crippen LogP contribution in [-0.2, 0) is 6.54 Å². The summed E-state index contributed by atoms with van der Waals surface area (Å²) in [6, 6.07) is 10.6. The molecular weight excluding hydrogens is 260 g/mol. The minimum atomic E-state index is 0.584. The maximum atomic E-state index is 4.57. The molecule has 0 heterocycles. The zero-order valence-electron chi connectivity index (χ0n) is 13.9. The minimum absolute atomic E-state index is 0.584. The van der Waals surface area contributed by atoms with Gasteiger partial charge in [-0.1, -0.05) is 44.2 Å². The van der Waals surface area contributed by atoms with Gasteiger partial charge in [-0.15, -0.1) is 0 Å². The Bertz CT molecular complexity index is 401. The minimum Gasteiger partial charge on any atom is -0.357 e. The van der Waals surface area contributed by atoms with Crippen molar-refractivity contribution < 1.29 is 0 Å². The third-order valence-electron chi connectivity index (χ3n) is 3.04. The summed E-state index contributed by atoms with van der Waals surface area (Å²) in [7, 11) is 2.15. The largest absolute Gasteiger partial charge is 0.357 e. The van der Waals surface area contributed by atoms with Gasteiger partial charge in [-0.05, 0) is 25.5 Å². The summed E-state index contributed by atoms with van der Waals surface area (Å²) in [5.74, 6) is 1.50. The van der Waals surface area contributed by atoms with Crippen LogP contribution in [0.3, 0.4) is 0 Å². The fourth-order valence-corrected chi connectivity index (χ4v) is 1.95. The Hall–Kier alpha value is -1.55. The normalized spacial score (nSPS) is 12.0. The number of aliphatic imine (C=N–C) groups is 1. The van der Waals surface area contributed by atoms with E-state index in [1.807, 2.05) is 0 Å². The summed E-state index contributed by atoms with van der Waals surface area (Å²) in [6.07, 6.45) is 0. The van der Waals surface area contributed by atoms with Crippen LogP contribution in [0.2, 0.25) is 0 Å². The average Bonchev–Trinajstić information content (AvgIpc) is 2.45. The van der Waals surface area contributed by atoms with E-state index in [0.29, 0.717) is 5.92 Å². The second-order valence-corrected chi connectivity index (χ2v) is 5.76. The molecule has 0 saturated heterocycles. The predicted molar refractivity (Wildman–Crippen MR) is 91.6 cm³/mol. The summed E-state index contributed by atoms with van der Waals surface area (Å²) >= 11 is 0. The van der Waals surface area contributed by atoms with Crippen molar-refractivity contribution in [2.75, 3.05) is 33.2 Å². The number of likely N-dealkylation sites (N-methyl/N-ethyl adjacent to an activating group) is 1. The van der Waals surface area contributed by atoms with E-state index in [1.54, 1.807) is 0 Å². The molecule has 0 aliphatic carbocycles. The Kier molecular flexibility index (Phi) is 8.51. The first-order valence-corrected chi connectivity index (χ1v) is 7.86. The van der Waals surface area contributed by atoms with E-state index in [4.69, 9.17) is 0 Å². The summed E-state index contributed by atoms with van der Waals surface area (Å²) < 4.78 is 0. The Morgan fingerprint density at radius 3 is 2.52 bits per heavy atom. The first kappa shape index (κ1) is 17.5. The van der Waals surface area contributed by atoms with Gasteiger partial charge in [0.05, 0.1) is 0 Å². The molecule has 0 fully saturated rings. The van der Waals surface area contributed by atoms with Crippen molar-refractivity contribution in [3.8, 4) is 0 Å². The van der Waals surface area contributed by atoms with Crippen LogP contribution in [0.4, 0.5) is 0 Å². The Balaban J connectivity index is 2.31. The molecule has 21 heavy (non-hydrogen) atoms. The van der Waals surface area contributed by atoms with Gasteiger partial charge in [0.1, 0.15) is 0 Å². The van der Waals surface area contributed by atoms with Gasteiger partial charge in [0.2, 0.25) is 0 Å². The number of nitrogens with zero attached hydrogens (tertiary/aromatic N) is 2. The first-order valence-electron chi connectivity index (χ1n) is 7.86. The molecular formula is C17H30N4. The van der Waals surface area contributed by atoms with E-state index in [-0.39, 0.29) is 0 Å². The molecule has 1 aromatic rings. The van der Waals surface area contributed by atoms with Crippen molar-refractivity contribution >= 4 is 5.96 Å². The molecule has 4 nitrogen and oxygen atoms in total. The quantitative estimate of drug-likeness (QED) is 0.570. The van der Waals surface area contributed by atoms with Crippen LogP contribution in [0, 0.1) is 5.92 Å². The van der Waals surface area contributed by atoms with E-state index in [9.17, 15) is 0 Å². The molecule has 0 aliphatic rings. The molecule has 4 heteroatoms. The number of hydrogen-bond donors (Lipinski definition) is 2. The first-order chi connectivity index (χ1) is 10.1. The molecule has 0 atom stereocenters. The Morgan fingerprint density at radius 2 is 1.90 bits per heavy atom. The lowest BCUT2D eigenvalue weighted by Crippen LogP contribution is -2.41. The lowest BCUT2D eigenvalue weighted by molar-refractivity contribution is 0.331. The smallest absolute Gasteiger partial charge is 0.191 e. The number of rotatable bonds is 8. The highest BCUT2D eigenvalue weighted by molar-refractivity contribution is 5.79. The molecule has 0 radical (unpaired) electrons. The van der Waals surface area contributed by atoms with Crippen LogP contribution < -0.4 is 10.6 Å². The monoisotopic (exact) mass is 290 g/mol. The van der Waals surface area contributed by atoms with Crippen LogP contribution in [-0.4, -0.2) is 44.1 Å². The molecule has 0 aromatic heterocycles. The van der Waals surface area contributed by atoms with E-state index in [2.05, 4.69) is 78.7 Å². The lowest BCUT2D eigenvalue weighted by Gasteiger charge is -2.18. The molecule has 0 aliphatic heterocycles. The highest BCUT2D eigenvalue weighted by atomic mass is 15.2. The molecule has 1 aromatic carbocycles. The number of hydrogen-bond acceptors (Lipinski definition) is 2. The molecule has 118 valence electrons. The molecule has 0 saturated carbocycles. The molecule has 0 spiro atoms. The van der Waals surface area contributed by atoms with Crippen molar-refractivity contribution in [1.29, 1.82) is 0 Å². The van der Waals surface area contributed by atoms with Gasteiger partial charge < -0.3 is 15.5 Å². The van der Waals surface area contributed by atoms with Gasteiger partial charge >= 0.3 is 0 Å². The second kappa shape index (κ2) is 10.2. The summed E-state index contributed by atoms with van der Waals surface area (Å²) in [4.78, 5) is 6.88. The highest BCUT2D eigenvalue weighted by Crippen LogP contribution is 2.01. The molecule has 0 amide bonds. The van der Waals surface area contributed by atoms with E-state index in [1.165, 1.54) is 5.56 Å².